The number of nitrogens with zero attached hydrogens (tertiary/aromatic N) is 3. The zero-order valence-corrected chi connectivity index (χ0v) is 9.43. The summed E-state index contributed by atoms with van der Waals surface area (Å²) in [6.07, 6.45) is 7.39. The van der Waals surface area contributed by atoms with E-state index in [0.717, 1.165) is 24.5 Å². The van der Waals surface area contributed by atoms with Crippen molar-refractivity contribution < 1.29 is 0 Å². The van der Waals surface area contributed by atoms with E-state index >= 15 is 0 Å². The van der Waals surface area contributed by atoms with Crippen LogP contribution in [0.1, 0.15) is 18.3 Å². The molecule has 0 aliphatic carbocycles. The van der Waals surface area contributed by atoms with Gasteiger partial charge in [-0.2, -0.15) is 0 Å². The van der Waals surface area contributed by atoms with Gasteiger partial charge in [0.2, 0.25) is 0 Å². The topological polar surface area (TPSA) is 56.7 Å². The van der Waals surface area contributed by atoms with E-state index in [1.54, 1.807) is 6.20 Å². The first kappa shape index (κ1) is 10.8. The predicted molar refractivity (Wildman–Crippen MR) is 63.5 cm³/mol. The zero-order valence-electron chi connectivity index (χ0n) is 9.43. The molecule has 2 aromatic heterocycles. The van der Waals surface area contributed by atoms with Crippen LogP contribution in [0.25, 0.3) is 5.82 Å². The Morgan fingerprint density at radius 1 is 1.31 bits per heavy atom. The lowest BCUT2D eigenvalue weighted by molar-refractivity contribution is 0.861. The fourth-order valence-corrected chi connectivity index (χ4v) is 1.68. The van der Waals surface area contributed by atoms with Crippen molar-refractivity contribution in [3.05, 3.63) is 42.1 Å². The van der Waals surface area contributed by atoms with E-state index in [1.165, 1.54) is 5.56 Å². The summed E-state index contributed by atoms with van der Waals surface area (Å²) < 4.78 is 2.01. The summed E-state index contributed by atoms with van der Waals surface area (Å²) in [5.41, 5.74) is 6.67. The Balaban J connectivity index is 2.27. The van der Waals surface area contributed by atoms with E-state index < -0.39 is 0 Å². The van der Waals surface area contributed by atoms with Crippen LogP contribution < -0.4 is 5.73 Å². The number of hydrogen-bond acceptors (Lipinski definition) is 3. The maximum Gasteiger partial charge on any atom is 0.137 e. The number of imidazole rings is 1. The first-order chi connectivity index (χ1) is 7.85. The van der Waals surface area contributed by atoms with Crippen LogP contribution in [0.15, 0.2) is 30.7 Å². The molecule has 2 aromatic rings. The minimum atomic E-state index is 0.659. The van der Waals surface area contributed by atoms with E-state index in [0.29, 0.717) is 6.54 Å². The molecule has 4 heteroatoms. The van der Waals surface area contributed by atoms with E-state index in [4.69, 9.17) is 5.73 Å². The molecule has 2 N–H and O–H groups in total. The van der Waals surface area contributed by atoms with Gasteiger partial charge in [-0.05, 0) is 24.6 Å². The molecule has 16 heavy (non-hydrogen) atoms. The van der Waals surface area contributed by atoms with Gasteiger partial charge in [0.25, 0.3) is 0 Å². The van der Waals surface area contributed by atoms with E-state index in [1.807, 2.05) is 23.0 Å². The second kappa shape index (κ2) is 4.90. The van der Waals surface area contributed by atoms with Crippen molar-refractivity contribution in [3.8, 4) is 5.82 Å². The average Bonchev–Trinajstić information content (AvgIpc) is 2.78. The predicted octanol–water partition coefficient (Wildman–Crippen LogP) is 1.33. The van der Waals surface area contributed by atoms with E-state index in [2.05, 4.69) is 23.0 Å². The van der Waals surface area contributed by atoms with Crippen LogP contribution in [-0.4, -0.2) is 21.1 Å². The number of pyridine rings is 1. The Labute approximate surface area is 95.1 Å². The minimum absolute atomic E-state index is 0.659. The van der Waals surface area contributed by atoms with E-state index in [-0.39, 0.29) is 0 Å². The minimum Gasteiger partial charge on any atom is -0.330 e. The Morgan fingerprint density at radius 3 is 2.81 bits per heavy atom. The molecule has 0 atom stereocenters. The first-order valence-electron chi connectivity index (χ1n) is 5.52. The van der Waals surface area contributed by atoms with Crippen molar-refractivity contribution in [1.82, 2.24) is 14.5 Å². The summed E-state index contributed by atoms with van der Waals surface area (Å²) in [5, 5.41) is 0. The molecule has 0 aromatic carbocycles. The lowest BCUT2D eigenvalue weighted by atomic mass is 10.2. The highest BCUT2D eigenvalue weighted by molar-refractivity contribution is 5.27. The lowest BCUT2D eigenvalue weighted by Crippen LogP contribution is -2.05. The average molecular weight is 216 g/mol. The first-order valence-corrected chi connectivity index (χ1v) is 5.52. The molecule has 0 radical (unpaired) electrons. The molecule has 0 fully saturated rings. The molecule has 0 aliphatic heterocycles. The Kier molecular flexibility index (Phi) is 3.31. The Morgan fingerprint density at radius 2 is 2.19 bits per heavy atom. The second-order valence-corrected chi connectivity index (χ2v) is 3.63. The van der Waals surface area contributed by atoms with Gasteiger partial charge in [0, 0.05) is 25.0 Å². The summed E-state index contributed by atoms with van der Waals surface area (Å²) in [5.74, 6) is 1.94. The molecule has 0 saturated heterocycles. The number of aryl methyl sites for hydroxylation is 1. The monoisotopic (exact) mass is 216 g/mol. The van der Waals surface area contributed by atoms with Crippen LogP contribution in [0.3, 0.4) is 0 Å². The molecular weight excluding hydrogens is 200 g/mol. The maximum absolute atomic E-state index is 5.50. The van der Waals surface area contributed by atoms with Gasteiger partial charge in [0.1, 0.15) is 11.6 Å². The van der Waals surface area contributed by atoms with Crippen LogP contribution >= 0.6 is 0 Å². The SMILES string of the molecule is CCc1nccn1-c1ccc(CCN)cn1. The third kappa shape index (κ3) is 2.12. The molecule has 0 bridgehead atoms. The van der Waals surface area contributed by atoms with Gasteiger partial charge >= 0.3 is 0 Å². The number of hydrogen-bond donors (Lipinski definition) is 1. The highest BCUT2D eigenvalue weighted by Gasteiger charge is 2.03. The van der Waals surface area contributed by atoms with Gasteiger partial charge in [-0.1, -0.05) is 13.0 Å². The molecule has 4 nitrogen and oxygen atoms in total. The summed E-state index contributed by atoms with van der Waals surface area (Å²) in [6, 6.07) is 4.07. The van der Waals surface area contributed by atoms with Crippen molar-refractivity contribution in [2.75, 3.05) is 6.54 Å². The molecule has 0 amide bonds. The smallest absolute Gasteiger partial charge is 0.137 e. The van der Waals surface area contributed by atoms with Crippen molar-refractivity contribution in [2.24, 2.45) is 5.73 Å². The number of rotatable bonds is 4. The van der Waals surface area contributed by atoms with Gasteiger partial charge < -0.3 is 5.73 Å². The lowest BCUT2D eigenvalue weighted by Gasteiger charge is -2.06. The van der Waals surface area contributed by atoms with Crippen molar-refractivity contribution in [1.29, 1.82) is 0 Å². The quantitative estimate of drug-likeness (QED) is 0.838. The summed E-state index contributed by atoms with van der Waals surface area (Å²) in [4.78, 5) is 8.69. The van der Waals surface area contributed by atoms with Crippen LogP contribution in [-0.2, 0) is 12.8 Å². The fourth-order valence-electron chi connectivity index (χ4n) is 1.68. The van der Waals surface area contributed by atoms with Crippen LogP contribution in [0.2, 0.25) is 0 Å². The third-order valence-electron chi connectivity index (χ3n) is 2.52. The fraction of sp³-hybridized carbons (Fsp3) is 0.333. The Bertz CT molecular complexity index is 444. The third-order valence-corrected chi connectivity index (χ3v) is 2.52. The standard InChI is InChI=1S/C12H16N4/c1-2-11-14-7-8-16(11)12-4-3-10(5-6-13)9-15-12/h3-4,7-9H,2,5-6,13H2,1H3. The van der Waals surface area contributed by atoms with Crippen LogP contribution in [0.4, 0.5) is 0 Å². The van der Waals surface area contributed by atoms with E-state index in [9.17, 15) is 0 Å². The van der Waals surface area contributed by atoms with Crippen molar-refractivity contribution in [3.63, 3.8) is 0 Å². The van der Waals surface area contributed by atoms with Crippen molar-refractivity contribution >= 4 is 0 Å². The van der Waals surface area contributed by atoms with Crippen LogP contribution in [0, 0.1) is 0 Å². The molecule has 0 unspecified atom stereocenters. The Hall–Kier alpha value is -1.68. The van der Waals surface area contributed by atoms with Gasteiger partial charge in [-0.3, -0.25) is 4.57 Å². The molecular formula is C12H16N4. The zero-order chi connectivity index (χ0) is 11.4. The summed E-state index contributed by atoms with van der Waals surface area (Å²) in [7, 11) is 0. The molecule has 0 spiro atoms. The molecule has 0 aliphatic rings. The van der Waals surface area contributed by atoms with Gasteiger partial charge in [0.15, 0.2) is 0 Å². The van der Waals surface area contributed by atoms with Gasteiger partial charge in [-0.15, -0.1) is 0 Å². The normalized spacial score (nSPS) is 10.6. The maximum atomic E-state index is 5.50. The van der Waals surface area contributed by atoms with Crippen LogP contribution in [0.5, 0.6) is 0 Å². The van der Waals surface area contributed by atoms with Gasteiger partial charge in [0.05, 0.1) is 0 Å². The highest BCUT2D eigenvalue weighted by atomic mass is 15.1. The molecule has 2 rings (SSSR count). The largest absolute Gasteiger partial charge is 0.330 e. The number of aromatic nitrogens is 3. The molecule has 2 heterocycles. The van der Waals surface area contributed by atoms with Crippen molar-refractivity contribution in [2.45, 2.75) is 19.8 Å². The summed E-state index contributed by atoms with van der Waals surface area (Å²) in [6.45, 7) is 2.74. The highest BCUT2D eigenvalue weighted by Crippen LogP contribution is 2.09. The summed E-state index contributed by atoms with van der Waals surface area (Å²) >= 11 is 0. The van der Waals surface area contributed by atoms with Gasteiger partial charge in [-0.25, -0.2) is 9.97 Å². The molecule has 0 saturated carbocycles. The number of nitrogens with two attached hydrogens (primary N) is 1. The molecule has 84 valence electrons. The second-order valence-electron chi connectivity index (χ2n) is 3.63.